The number of ketones is 2. The first-order chi connectivity index (χ1) is 22.5. The lowest BCUT2D eigenvalue weighted by molar-refractivity contribution is -0.328. The van der Waals surface area contributed by atoms with Crippen molar-refractivity contribution in [2.45, 2.75) is 117 Å². The Morgan fingerprint density at radius 3 is 2.06 bits per heavy atom. The van der Waals surface area contributed by atoms with Gasteiger partial charge in [-0.2, -0.15) is 0 Å². The van der Waals surface area contributed by atoms with Gasteiger partial charge in [0.2, 0.25) is 0 Å². The number of esters is 3. The fourth-order valence-corrected chi connectivity index (χ4v) is 12.2. The van der Waals surface area contributed by atoms with Crippen LogP contribution in [-0.4, -0.2) is 74.4 Å². The molecule has 262 valence electrons. The summed E-state index contributed by atoms with van der Waals surface area (Å²) in [7, 11) is -2.41. The maximum absolute atomic E-state index is 15.6. The summed E-state index contributed by atoms with van der Waals surface area (Å²) in [6.07, 6.45) is -2.17. The van der Waals surface area contributed by atoms with Gasteiger partial charge in [0, 0.05) is 32.1 Å². The summed E-state index contributed by atoms with van der Waals surface area (Å²) in [5.74, 6) is -5.10. The monoisotopic (exact) mass is 682 g/mol. The summed E-state index contributed by atoms with van der Waals surface area (Å²) in [5, 5.41) is 0. The van der Waals surface area contributed by atoms with E-state index in [2.05, 4.69) is 20.8 Å². The standard InChI is InChI=1S/C37H50O10Si/c1-10-48(11-2,12-3)47-27-19-28-37(20-43-28,46-23(6)39)32-30(45-34(42)24-16-14-13-15-17-24)25-18-26(40)21(4)29(35(25,7)8)31(44-22(5)38)33(41)36(27,32)9/h13-18,21,27-32H,10-12,19-20H2,1-9H3/t21?,27-,28+,29?,30+,31+,32-,36+,37-/m0/s1. The molecule has 2 bridgehead atoms. The number of allylic oxidation sites excluding steroid dienone is 1. The molecular formula is C37H50O10Si. The zero-order valence-corrected chi connectivity index (χ0v) is 30.6. The molecule has 1 saturated heterocycles. The van der Waals surface area contributed by atoms with Gasteiger partial charge in [-0.1, -0.05) is 59.7 Å². The Kier molecular flexibility index (Phi) is 9.75. The molecule has 4 aliphatic rings. The van der Waals surface area contributed by atoms with Crippen LogP contribution >= 0.6 is 0 Å². The summed E-state index contributed by atoms with van der Waals surface area (Å²) in [6.45, 7) is 16.1. The molecule has 3 fully saturated rings. The zero-order valence-electron chi connectivity index (χ0n) is 29.6. The summed E-state index contributed by atoms with van der Waals surface area (Å²) >= 11 is 0. The summed E-state index contributed by atoms with van der Waals surface area (Å²) in [4.78, 5) is 69.2. The average Bonchev–Trinajstić information content (AvgIpc) is 3.03. The first kappa shape index (κ1) is 36.1. The Morgan fingerprint density at radius 1 is 0.917 bits per heavy atom. The molecule has 2 saturated carbocycles. The van der Waals surface area contributed by atoms with Crippen LogP contribution in [0.1, 0.15) is 79.1 Å². The summed E-state index contributed by atoms with van der Waals surface area (Å²) < 4.78 is 32.1. The first-order valence-electron chi connectivity index (χ1n) is 17.2. The Bertz CT molecular complexity index is 1490. The third kappa shape index (κ3) is 5.59. The van der Waals surface area contributed by atoms with Crippen LogP contribution in [0.2, 0.25) is 18.1 Å². The summed E-state index contributed by atoms with van der Waals surface area (Å²) in [6, 6.07) is 10.9. The van der Waals surface area contributed by atoms with E-state index in [1.54, 1.807) is 44.2 Å². The Labute approximate surface area is 284 Å². The van der Waals surface area contributed by atoms with Gasteiger partial charge in [-0.25, -0.2) is 4.79 Å². The molecule has 11 heteroatoms. The van der Waals surface area contributed by atoms with Crippen LogP contribution < -0.4 is 0 Å². The van der Waals surface area contributed by atoms with Crippen molar-refractivity contribution in [3.63, 3.8) is 0 Å². The minimum Gasteiger partial charge on any atom is -0.454 e. The second-order valence-corrected chi connectivity index (χ2v) is 19.5. The molecule has 2 unspecified atom stereocenters. The van der Waals surface area contributed by atoms with Crippen molar-refractivity contribution < 1.29 is 47.3 Å². The number of hydrogen-bond donors (Lipinski definition) is 0. The first-order valence-corrected chi connectivity index (χ1v) is 19.8. The van der Waals surface area contributed by atoms with E-state index < -0.39 is 90.6 Å². The van der Waals surface area contributed by atoms with E-state index in [1.807, 2.05) is 13.8 Å². The van der Waals surface area contributed by atoms with Gasteiger partial charge >= 0.3 is 17.9 Å². The molecule has 1 aromatic carbocycles. The van der Waals surface area contributed by atoms with E-state index in [1.165, 1.54) is 19.9 Å². The highest BCUT2D eigenvalue weighted by atomic mass is 28.4. The molecule has 1 aromatic rings. The Balaban J connectivity index is 1.85. The van der Waals surface area contributed by atoms with Gasteiger partial charge in [0.15, 0.2) is 31.6 Å². The maximum Gasteiger partial charge on any atom is 0.338 e. The molecule has 0 amide bonds. The van der Waals surface area contributed by atoms with Crippen molar-refractivity contribution in [3.05, 3.63) is 47.5 Å². The number of fused-ring (bicyclic) bond motifs is 5. The van der Waals surface area contributed by atoms with Crippen molar-refractivity contribution >= 4 is 37.8 Å². The van der Waals surface area contributed by atoms with Gasteiger partial charge in [0.1, 0.15) is 12.2 Å². The third-order valence-electron chi connectivity index (χ3n) is 12.1. The molecule has 10 nitrogen and oxygen atoms in total. The van der Waals surface area contributed by atoms with Crippen LogP contribution in [0.4, 0.5) is 0 Å². The minimum absolute atomic E-state index is 0.0471. The number of carbonyl (C=O) groups excluding carboxylic acids is 5. The van der Waals surface area contributed by atoms with Crippen LogP contribution in [0.3, 0.4) is 0 Å². The fraction of sp³-hybridized carbons (Fsp3) is 0.649. The van der Waals surface area contributed by atoms with E-state index in [9.17, 15) is 19.2 Å². The predicted molar refractivity (Wildman–Crippen MR) is 178 cm³/mol. The smallest absolute Gasteiger partial charge is 0.338 e. The fourth-order valence-electron chi connectivity index (χ4n) is 9.25. The topological polar surface area (TPSA) is 132 Å². The minimum atomic E-state index is -2.41. The molecule has 0 spiro atoms. The maximum atomic E-state index is 15.6. The van der Waals surface area contributed by atoms with E-state index in [0.717, 1.165) is 18.1 Å². The molecule has 48 heavy (non-hydrogen) atoms. The van der Waals surface area contributed by atoms with E-state index >= 15 is 4.79 Å². The number of Topliss-reactive ketones (excluding diaryl/α,β-unsaturated/α-hetero) is 1. The largest absolute Gasteiger partial charge is 0.454 e. The quantitative estimate of drug-likeness (QED) is 0.183. The van der Waals surface area contributed by atoms with Gasteiger partial charge in [0.05, 0.1) is 29.6 Å². The average molecular weight is 683 g/mol. The Morgan fingerprint density at radius 2 is 1.54 bits per heavy atom. The van der Waals surface area contributed by atoms with Crippen molar-refractivity contribution in [3.8, 4) is 0 Å². The number of rotatable bonds is 9. The van der Waals surface area contributed by atoms with Crippen molar-refractivity contribution in [1.82, 2.24) is 0 Å². The molecule has 3 aliphatic carbocycles. The highest BCUT2D eigenvalue weighted by Crippen LogP contribution is 2.63. The molecule has 0 N–H and O–H groups in total. The number of ether oxygens (including phenoxy) is 4. The van der Waals surface area contributed by atoms with Crippen LogP contribution in [-0.2, 0) is 42.6 Å². The molecule has 1 aliphatic heterocycles. The normalized spacial score (nSPS) is 35.4. The molecule has 1 heterocycles. The van der Waals surface area contributed by atoms with Crippen LogP contribution in [0, 0.1) is 28.6 Å². The van der Waals surface area contributed by atoms with E-state index in [-0.39, 0.29) is 24.4 Å². The highest BCUT2D eigenvalue weighted by Gasteiger charge is 2.76. The van der Waals surface area contributed by atoms with Gasteiger partial charge < -0.3 is 23.4 Å². The van der Waals surface area contributed by atoms with Gasteiger partial charge in [-0.15, -0.1) is 0 Å². The highest BCUT2D eigenvalue weighted by molar-refractivity contribution is 6.73. The number of carbonyl (C=O) groups is 5. The van der Waals surface area contributed by atoms with Crippen LogP contribution in [0.25, 0.3) is 0 Å². The van der Waals surface area contributed by atoms with Gasteiger partial charge in [-0.3, -0.25) is 19.2 Å². The predicted octanol–water partition coefficient (Wildman–Crippen LogP) is 5.63. The van der Waals surface area contributed by atoms with Crippen molar-refractivity contribution in [1.29, 1.82) is 0 Å². The number of benzene rings is 1. The SMILES string of the molecule is CC[Si](CC)(CC)O[C@H]1C[C@H]2OC[C@@]2(OC(C)=O)[C@H]2[C@H](OC(=O)c3ccccc3)C3=CC(=O)C(C)C([C@@H](OC(C)=O)C(=O)[C@]12C)C3(C)C. The second-order valence-electron chi connectivity index (χ2n) is 14.8. The molecule has 0 aromatic heterocycles. The lowest BCUT2D eigenvalue weighted by Crippen LogP contribution is -2.79. The second kappa shape index (κ2) is 12.9. The lowest BCUT2D eigenvalue weighted by Gasteiger charge is -2.66. The van der Waals surface area contributed by atoms with Crippen LogP contribution in [0.15, 0.2) is 42.0 Å². The zero-order chi connectivity index (χ0) is 35.4. The van der Waals surface area contributed by atoms with E-state index in [0.29, 0.717) is 5.57 Å². The Hall–Kier alpha value is -3.15. The van der Waals surface area contributed by atoms with Crippen LogP contribution in [0.5, 0.6) is 0 Å². The van der Waals surface area contributed by atoms with Crippen molar-refractivity contribution in [2.24, 2.45) is 28.6 Å². The molecule has 0 radical (unpaired) electrons. The lowest BCUT2D eigenvalue weighted by atomic mass is 9.46. The third-order valence-corrected chi connectivity index (χ3v) is 16.8. The molecule has 9 atom stereocenters. The number of hydrogen-bond acceptors (Lipinski definition) is 10. The van der Waals surface area contributed by atoms with Crippen molar-refractivity contribution in [2.75, 3.05) is 6.61 Å². The van der Waals surface area contributed by atoms with E-state index in [4.69, 9.17) is 23.4 Å². The summed E-state index contributed by atoms with van der Waals surface area (Å²) in [5.41, 5.74) is -3.13. The molecule has 5 rings (SSSR count). The van der Waals surface area contributed by atoms with Gasteiger partial charge in [-0.05, 0) is 54.3 Å². The van der Waals surface area contributed by atoms with Gasteiger partial charge in [0.25, 0.3) is 0 Å². The molecular weight excluding hydrogens is 632 g/mol.